The molecule has 0 spiro atoms. The van der Waals surface area contributed by atoms with Crippen molar-refractivity contribution in [3.63, 3.8) is 0 Å². The van der Waals surface area contributed by atoms with E-state index in [1.807, 2.05) is 6.07 Å². The van der Waals surface area contributed by atoms with E-state index < -0.39 is 5.91 Å². The zero-order chi connectivity index (χ0) is 14.5. The molecule has 7 heteroatoms. The number of anilines is 2. The Morgan fingerprint density at radius 2 is 2.20 bits per heavy atom. The zero-order valence-electron chi connectivity index (χ0n) is 10.6. The summed E-state index contributed by atoms with van der Waals surface area (Å²) < 4.78 is 5.12. The first kappa shape index (κ1) is 13.3. The molecule has 0 saturated heterocycles. The minimum Gasteiger partial charge on any atom is -0.495 e. The summed E-state index contributed by atoms with van der Waals surface area (Å²) >= 11 is 0. The Labute approximate surface area is 115 Å². The van der Waals surface area contributed by atoms with Gasteiger partial charge in [-0.05, 0) is 12.1 Å². The van der Waals surface area contributed by atoms with Gasteiger partial charge in [0.25, 0.3) is 5.91 Å². The summed E-state index contributed by atoms with van der Waals surface area (Å²) in [6.07, 6.45) is 2.58. The van der Waals surface area contributed by atoms with Crippen LogP contribution in [0.25, 0.3) is 0 Å². The number of ether oxygens (including phenoxy) is 1. The SMILES string of the molecule is COc1cc(C#N)ccc1NC(=O)c1cnc(N)cn1. The van der Waals surface area contributed by atoms with E-state index in [2.05, 4.69) is 15.3 Å². The third-order valence-corrected chi connectivity index (χ3v) is 2.48. The van der Waals surface area contributed by atoms with E-state index in [0.717, 1.165) is 0 Å². The molecule has 1 aromatic heterocycles. The number of nitrogen functional groups attached to an aromatic ring is 1. The topological polar surface area (TPSA) is 114 Å². The minimum atomic E-state index is -0.444. The number of methoxy groups -OCH3 is 1. The Morgan fingerprint density at radius 1 is 1.40 bits per heavy atom. The molecule has 0 aliphatic heterocycles. The van der Waals surface area contributed by atoms with Crippen molar-refractivity contribution in [3.8, 4) is 11.8 Å². The molecule has 0 unspecified atom stereocenters. The standard InChI is InChI=1S/C13H11N5O2/c1-20-11-4-8(5-14)2-3-9(11)18-13(19)10-6-17-12(15)7-16-10/h2-4,6-7H,1H3,(H2,15,17)(H,18,19). The van der Waals surface area contributed by atoms with Crippen LogP contribution in [0.3, 0.4) is 0 Å². The van der Waals surface area contributed by atoms with Crippen LogP contribution in [0.5, 0.6) is 5.75 Å². The monoisotopic (exact) mass is 269 g/mol. The molecule has 0 radical (unpaired) electrons. The van der Waals surface area contributed by atoms with Gasteiger partial charge in [-0.1, -0.05) is 0 Å². The molecule has 20 heavy (non-hydrogen) atoms. The third kappa shape index (κ3) is 2.81. The highest BCUT2D eigenvalue weighted by Gasteiger charge is 2.11. The first-order chi connectivity index (χ1) is 9.63. The van der Waals surface area contributed by atoms with Gasteiger partial charge in [-0.3, -0.25) is 4.79 Å². The van der Waals surface area contributed by atoms with Crippen molar-refractivity contribution in [2.75, 3.05) is 18.2 Å². The largest absolute Gasteiger partial charge is 0.495 e. The maximum atomic E-state index is 12.0. The smallest absolute Gasteiger partial charge is 0.275 e. The Bertz CT molecular complexity index is 676. The quantitative estimate of drug-likeness (QED) is 0.865. The molecular weight excluding hydrogens is 258 g/mol. The van der Waals surface area contributed by atoms with Crippen molar-refractivity contribution < 1.29 is 9.53 Å². The van der Waals surface area contributed by atoms with Crippen molar-refractivity contribution in [2.45, 2.75) is 0 Å². The van der Waals surface area contributed by atoms with Crippen LogP contribution >= 0.6 is 0 Å². The fourth-order valence-corrected chi connectivity index (χ4v) is 1.51. The number of nitrogens with zero attached hydrogens (tertiary/aromatic N) is 3. The first-order valence-corrected chi connectivity index (χ1v) is 5.61. The Morgan fingerprint density at radius 3 is 2.80 bits per heavy atom. The van der Waals surface area contributed by atoms with Gasteiger partial charge < -0.3 is 15.8 Å². The molecule has 0 aliphatic rings. The molecule has 100 valence electrons. The van der Waals surface area contributed by atoms with Crippen LogP contribution < -0.4 is 15.8 Å². The lowest BCUT2D eigenvalue weighted by Gasteiger charge is -2.09. The fourth-order valence-electron chi connectivity index (χ4n) is 1.51. The van der Waals surface area contributed by atoms with E-state index in [-0.39, 0.29) is 11.5 Å². The number of carbonyl (C=O) groups excluding carboxylic acids is 1. The van der Waals surface area contributed by atoms with Crippen molar-refractivity contribution in [1.29, 1.82) is 5.26 Å². The normalized spacial score (nSPS) is 9.60. The maximum absolute atomic E-state index is 12.0. The summed E-state index contributed by atoms with van der Waals surface area (Å²) in [5.41, 5.74) is 6.41. The van der Waals surface area contributed by atoms with Crippen molar-refractivity contribution in [1.82, 2.24) is 9.97 Å². The number of hydrogen-bond acceptors (Lipinski definition) is 6. The number of aromatic nitrogens is 2. The van der Waals surface area contributed by atoms with E-state index in [0.29, 0.717) is 17.0 Å². The van der Waals surface area contributed by atoms with Crippen LogP contribution in [0, 0.1) is 11.3 Å². The van der Waals surface area contributed by atoms with Crippen molar-refractivity contribution in [3.05, 3.63) is 41.9 Å². The molecule has 1 heterocycles. The van der Waals surface area contributed by atoms with Gasteiger partial charge in [0.15, 0.2) is 0 Å². The Hall–Kier alpha value is -3.14. The lowest BCUT2D eigenvalue weighted by molar-refractivity contribution is 0.102. The molecule has 0 fully saturated rings. The number of rotatable bonds is 3. The highest BCUT2D eigenvalue weighted by molar-refractivity contribution is 6.03. The zero-order valence-corrected chi connectivity index (χ0v) is 10.6. The molecule has 2 rings (SSSR count). The minimum absolute atomic E-state index is 0.130. The van der Waals surface area contributed by atoms with Crippen LogP contribution in [-0.2, 0) is 0 Å². The number of carbonyl (C=O) groups is 1. The third-order valence-electron chi connectivity index (χ3n) is 2.48. The number of nitrogens with two attached hydrogens (primary N) is 1. The number of amides is 1. The second-order valence-electron chi connectivity index (χ2n) is 3.81. The number of benzene rings is 1. The van der Waals surface area contributed by atoms with E-state index in [1.54, 1.807) is 12.1 Å². The van der Waals surface area contributed by atoms with Gasteiger partial charge in [0.2, 0.25) is 0 Å². The maximum Gasteiger partial charge on any atom is 0.275 e. The summed E-state index contributed by atoms with van der Waals surface area (Å²) in [7, 11) is 1.45. The summed E-state index contributed by atoms with van der Waals surface area (Å²) in [5, 5.41) is 11.4. The van der Waals surface area contributed by atoms with E-state index in [4.69, 9.17) is 15.7 Å². The van der Waals surface area contributed by atoms with Gasteiger partial charge in [-0.15, -0.1) is 0 Å². The molecule has 0 saturated carbocycles. The molecule has 0 bridgehead atoms. The van der Waals surface area contributed by atoms with E-state index in [1.165, 1.54) is 25.6 Å². The predicted molar refractivity (Wildman–Crippen MR) is 72.1 cm³/mol. The van der Waals surface area contributed by atoms with Crippen LogP contribution in [-0.4, -0.2) is 23.0 Å². The van der Waals surface area contributed by atoms with Crippen LogP contribution in [0.4, 0.5) is 11.5 Å². The lowest BCUT2D eigenvalue weighted by Crippen LogP contribution is -2.15. The summed E-state index contributed by atoms with van der Waals surface area (Å²) in [6, 6.07) is 6.68. The molecule has 1 aromatic carbocycles. The first-order valence-electron chi connectivity index (χ1n) is 5.61. The average molecular weight is 269 g/mol. The number of nitriles is 1. The Balaban J connectivity index is 2.23. The molecular formula is C13H11N5O2. The summed E-state index contributed by atoms with van der Waals surface area (Å²) in [4.78, 5) is 19.6. The Kier molecular flexibility index (Phi) is 3.77. The van der Waals surface area contributed by atoms with E-state index >= 15 is 0 Å². The average Bonchev–Trinajstić information content (AvgIpc) is 2.48. The van der Waals surface area contributed by atoms with Gasteiger partial charge in [-0.25, -0.2) is 9.97 Å². The van der Waals surface area contributed by atoms with Gasteiger partial charge in [0.05, 0.1) is 36.8 Å². The summed E-state index contributed by atoms with van der Waals surface area (Å²) in [5.74, 6) is 0.179. The lowest BCUT2D eigenvalue weighted by atomic mass is 10.2. The second-order valence-corrected chi connectivity index (χ2v) is 3.81. The van der Waals surface area contributed by atoms with Crippen LogP contribution in [0.2, 0.25) is 0 Å². The fraction of sp³-hybridized carbons (Fsp3) is 0.0769. The van der Waals surface area contributed by atoms with Crippen molar-refractivity contribution >= 4 is 17.4 Å². The molecule has 0 atom stereocenters. The van der Waals surface area contributed by atoms with Crippen molar-refractivity contribution in [2.24, 2.45) is 0 Å². The number of hydrogen-bond donors (Lipinski definition) is 2. The second kappa shape index (κ2) is 5.67. The van der Waals surface area contributed by atoms with Gasteiger partial charge in [0, 0.05) is 6.07 Å². The molecule has 2 aromatic rings. The summed E-state index contributed by atoms with van der Waals surface area (Å²) in [6.45, 7) is 0. The predicted octanol–water partition coefficient (Wildman–Crippen LogP) is 1.19. The number of nitrogens with one attached hydrogen (secondary N) is 1. The van der Waals surface area contributed by atoms with Crippen LogP contribution in [0.1, 0.15) is 16.1 Å². The van der Waals surface area contributed by atoms with Crippen LogP contribution in [0.15, 0.2) is 30.6 Å². The molecule has 1 amide bonds. The molecule has 0 aliphatic carbocycles. The van der Waals surface area contributed by atoms with E-state index in [9.17, 15) is 4.79 Å². The van der Waals surface area contributed by atoms with Gasteiger partial charge in [0.1, 0.15) is 17.3 Å². The van der Waals surface area contributed by atoms with Gasteiger partial charge >= 0.3 is 0 Å². The molecule has 3 N–H and O–H groups in total. The molecule has 7 nitrogen and oxygen atoms in total. The van der Waals surface area contributed by atoms with Gasteiger partial charge in [-0.2, -0.15) is 5.26 Å². The highest BCUT2D eigenvalue weighted by Crippen LogP contribution is 2.25. The highest BCUT2D eigenvalue weighted by atomic mass is 16.5.